The second-order valence-electron chi connectivity index (χ2n) is 5.68. The maximum absolute atomic E-state index is 13.8. The minimum atomic E-state index is -4.75. The van der Waals surface area contributed by atoms with E-state index in [1.807, 2.05) is 0 Å². The number of rotatable bonds is 3. The Morgan fingerprint density at radius 1 is 1.00 bits per heavy atom. The molecule has 0 aliphatic heterocycles. The van der Waals surface area contributed by atoms with Crippen LogP contribution in [0.5, 0.6) is 0 Å². The van der Waals surface area contributed by atoms with Gasteiger partial charge in [-0.15, -0.1) is 11.8 Å². The summed E-state index contributed by atoms with van der Waals surface area (Å²) in [4.78, 5) is 26.1. The fourth-order valence-corrected chi connectivity index (χ4v) is 2.89. The summed E-state index contributed by atoms with van der Waals surface area (Å²) in [5, 5.41) is 0. The van der Waals surface area contributed by atoms with E-state index in [0.29, 0.717) is 14.7 Å². The topological polar surface area (TPSA) is 40.6 Å². The number of hydrogen-bond acceptors (Lipinski definition) is 3. The van der Waals surface area contributed by atoms with Gasteiger partial charge in [0.25, 0.3) is 5.91 Å². The molecule has 28 heavy (non-hydrogen) atoms. The average molecular weight is 418 g/mol. The number of anilines is 1. The molecule has 10 heteroatoms. The molecule has 2 aromatic rings. The number of nitrogens with zero attached hydrogens (tertiary/aromatic N) is 2. The van der Waals surface area contributed by atoms with Crippen LogP contribution in [0.4, 0.5) is 32.4 Å². The minimum Gasteiger partial charge on any atom is -0.296 e. The van der Waals surface area contributed by atoms with Gasteiger partial charge in [0.2, 0.25) is 0 Å². The normalized spacial score (nSPS) is 11.3. The second-order valence-corrected chi connectivity index (χ2v) is 6.56. The number of benzene rings is 2. The molecule has 0 spiro atoms. The molecular weight excluding hydrogens is 403 g/mol. The lowest BCUT2D eigenvalue weighted by atomic mass is 10.1. The molecule has 3 amide bonds. The van der Waals surface area contributed by atoms with Gasteiger partial charge in [-0.3, -0.25) is 14.6 Å². The Bertz CT molecular complexity index is 897. The molecule has 0 bridgehead atoms. The van der Waals surface area contributed by atoms with Gasteiger partial charge in [0.05, 0.1) is 11.3 Å². The van der Waals surface area contributed by atoms with Gasteiger partial charge in [-0.25, -0.2) is 13.6 Å². The van der Waals surface area contributed by atoms with Crippen molar-refractivity contribution in [2.75, 3.05) is 25.3 Å². The van der Waals surface area contributed by atoms with E-state index < -0.39 is 46.6 Å². The third-order valence-corrected chi connectivity index (χ3v) is 4.65. The molecule has 0 saturated heterocycles. The van der Waals surface area contributed by atoms with Gasteiger partial charge in [0, 0.05) is 19.0 Å². The summed E-state index contributed by atoms with van der Waals surface area (Å²) in [6.07, 6.45) is -3.16. The summed E-state index contributed by atoms with van der Waals surface area (Å²) in [6.45, 7) is 0. The summed E-state index contributed by atoms with van der Waals surface area (Å²) in [5.74, 6) is -3.69. The van der Waals surface area contributed by atoms with Crippen LogP contribution in [0.25, 0.3) is 0 Å². The summed E-state index contributed by atoms with van der Waals surface area (Å²) in [6, 6.07) is 4.88. The standard InChI is InChI=1S/C18H15F5N2O2S/c1-24(14-8-7-10(28-3)9-11(14)18(21,22)23)17(27)25(2)16(26)15-12(19)5-4-6-13(15)20/h4-9H,1-3H3. The number of carbonyl (C=O) groups is 2. The van der Waals surface area contributed by atoms with Gasteiger partial charge >= 0.3 is 12.2 Å². The summed E-state index contributed by atoms with van der Waals surface area (Å²) in [5.41, 5.74) is -2.54. The van der Waals surface area contributed by atoms with Crippen LogP contribution in [0.3, 0.4) is 0 Å². The molecule has 150 valence electrons. The Balaban J connectivity index is 2.40. The van der Waals surface area contributed by atoms with Crippen molar-refractivity contribution < 1.29 is 31.5 Å². The van der Waals surface area contributed by atoms with Gasteiger partial charge in [-0.1, -0.05) is 6.07 Å². The van der Waals surface area contributed by atoms with Crippen LogP contribution >= 0.6 is 11.8 Å². The second kappa shape index (κ2) is 8.17. The lowest BCUT2D eigenvalue weighted by molar-refractivity contribution is -0.137. The number of carbonyl (C=O) groups excluding carboxylic acids is 2. The number of amides is 3. The minimum absolute atomic E-state index is 0.329. The van der Waals surface area contributed by atoms with Crippen molar-refractivity contribution in [3.8, 4) is 0 Å². The molecule has 4 nitrogen and oxygen atoms in total. The number of urea groups is 1. The molecule has 0 fully saturated rings. The molecule has 0 radical (unpaired) electrons. The molecule has 0 aromatic heterocycles. The zero-order chi connectivity index (χ0) is 21.2. The first kappa shape index (κ1) is 21.7. The molecule has 2 rings (SSSR count). The molecule has 2 aromatic carbocycles. The molecule has 0 atom stereocenters. The first-order chi connectivity index (χ1) is 13.0. The molecule has 0 aliphatic carbocycles. The first-order valence-corrected chi connectivity index (χ1v) is 8.96. The van der Waals surface area contributed by atoms with Crippen molar-refractivity contribution >= 4 is 29.4 Å². The maximum Gasteiger partial charge on any atom is 0.418 e. The van der Waals surface area contributed by atoms with E-state index in [-0.39, 0.29) is 0 Å². The van der Waals surface area contributed by atoms with E-state index in [0.717, 1.165) is 56.2 Å². The quantitative estimate of drug-likeness (QED) is 0.518. The summed E-state index contributed by atoms with van der Waals surface area (Å²) >= 11 is 1.09. The van der Waals surface area contributed by atoms with Crippen LogP contribution < -0.4 is 4.90 Å². The fourth-order valence-electron chi connectivity index (χ4n) is 2.45. The summed E-state index contributed by atoms with van der Waals surface area (Å²) < 4.78 is 67.8. The van der Waals surface area contributed by atoms with Crippen LogP contribution in [-0.2, 0) is 6.18 Å². The predicted octanol–water partition coefficient (Wildman–Crippen LogP) is 5.03. The molecule has 0 saturated carbocycles. The Labute approximate surface area is 161 Å². The summed E-state index contributed by atoms with van der Waals surface area (Å²) in [7, 11) is 1.96. The van der Waals surface area contributed by atoms with Crippen molar-refractivity contribution in [2.45, 2.75) is 11.1 Å². The Hall–Kier alpha value is -2.62. The van der Waals surface area contributed by atoms with Gasteiger partial charge < -0.3 is 0 Å². The lowest BCUT2D eigenvalue weighted by Crippen LogP contribution is -2.43. The predicted molar refractivity (Wildman–Crippen MR) is 95.5 cm³/mol. The van der Waals surface area contributed by atoms with Gasteiger partial charge in [-0.05, 0) is 36.6 Å². The van der Waals surface area contributed by atoms with Crippen LogP contribution in [0.15, 0.2) is 41.3 Å². The molecule has 0 unspecified atom stereocenters. The zero-order valence-corrected chi connectivity index (χ0v) is 15.8. The van der Waals surface area contributed by atoms with Crippen LogP contribution in [-0.4, -0.2) is 37.2 Å². The highest BCUT2D eigenvalue weighted by Gasteiger charge is 2.37. The highest BCUT2D eigenvalue weighted by Crippen LogP contribution is 2.38. The van der Waals surface area contributed by atoms with Crippen LogP contribution in [0.1, 0.15) is 15.9 Å². The van der Waals surface area contributed by atoms with E-state index in [4.69, 9.17) is 0 Å². The zero-order valence-electron chi connectivity index (χ0n) is 15.0. The van der Waals surface area contributed by atoms with Gasteiger partial charge in [-0.2, -0.15) is 13.2 Å². The SMILES string of the molecule is CSc1ccc(N(C)C(=O)N(C)C(=O)c2c(F)cccc2F)c(C(F)(F)F)c1. The Morgan fingerprint density at radius 3 is 2.07 bits per heavy atom. The number of imide groups is 1. The third-order valence-electron chi connectivity index (χ3n) is 3.93. The van der Waals surface area contributed by atoms with E-state index in [2.05, 4.69) is 0 Å². The lowest BCUT2D eigenvalue weighted by Gasteiger charge is -2.26. The van der Waals surface area contributed by atoms with Crippen molar-refractivity contribution in [3.05, 3.63) is 59.2 Å². The van der Waals surface area contributed by atoms with Crippen molar-refractivity contribution in [2.24, 2.45) is 0 Å². The number of thioether (sulfide) groups is 1. The number of alkyl halides is 3. The smallest absolute Gasteiger partial charge is 0.296 e. The Kier molecular flexibility index (Phi) is 6.33. The monoisotopic (exact) mass is 418 g/mol. The van der Waals surface area contributed by atoms with Gasteiger partial charge in [0.15, 0.2) is 0 Å². The fraction of sp³-hybridized carbons (Fsp3) is 0.222. The molecule has 0 heterocycles. The van der Waals surface area contributed by atoms with Crippen LogP contribution in [0, 0.1) is 11.6 Å². The average Bonchev–Trinajstić information content (AvgIpc) is 2.64. The van der Waals surface area contributed by atoms with Crippen LogP contribution in [0.2, 0.25) is 0 Å². The number of hydrogen-bond donors (Lipinski definition) is 0. The Morgan fingerprint density at radius 2 is 1.57 bits per heavy atom. The largest absolute Gasteiger partial charge is 0.418 e. The highest BCUT2D eigenvalue weighted by atomic mass is 32.2. The first-order valence-electron chi connectivity index (χ1n) is 7.74. The van der Waals surface area contributed by atoms with E-state index in [1.165, 1.54) is 6.07 Å². The highest BCUT2D eigenvalue weighted by molar-refractivity contribution is 7.98. The van der Waals surface area contributed by atoms with E-state index in [1.54, 1.807) is 6.26 Å². The van der Waals surface area contributed by atoms with E-state index >= 15 is 0 Å². The van der Waals surface area contributed by atoms with E-state index in [9.17, 15) is 31.5 Å². The third kappa shape index (κ3) is 4.27. The molecule has 0 aliphatic rings. The van der Waals surface area contributed by atoms with Gasteiger partial charge in [0.1, 0.15) is 17.2 Å². The maximum atomic E-state index is 13.8. The van der Waals surface area contributed by atoms with Crippen molar-refractivity contribution in [1.82, 2.24) is 4.90 Å². The number of halogens is 5. The van der Waals surface area contributed by atoms with Crippen molar-refractivity contribution in [3.63, 3.8) is 0 Å². The molecule has 0 N–H and O–H groups in total. The molecular formula is C18H15F5N2O2S. The van der Waals surface area contributed by atoms with Crippen molar-refractivity contribution in [1.29, 1.82) is 0 Å².